The zero-order valence-electron chi connectivity index (χ0n) is 15.0. The summed E-state index contributed by atoms with van der Waals surface area (Å²) < 4.78 is 7.65. The molecule has 2 aromatic rings. The van der Waals surface area contributed by atoms with Gasteiger partial charge in [-0.2, -0.15) is 0 Å². The number of pyridine rings is 1. The summed E-state index contributed by atoms with van der Waals surface area (Å²) in [6, 6.07) is 6.12. The first-order valence-electron chi connectivity index (χ1n) is 8.70. The molecule has 0 saturated heterocycles. The van der Waals surface area contributed by atoms with E-state index in [4.69, 9.17) is 4.74 Å². The highest BCUT2D eigenvalue weighted by molar-refractivity contribution is 5.79. The van der Waals surface area contributed by atoms with Gasteiger partial charge in [0.2, 0.25) is 0 Å². The van der Waals surface area contributed by atoms with Crippen LogP contribution in [-0.4, -0.2) is 42.2 Å². The smallest absolute Gasteiger partial charge is 0.191 e. The first kappa shape index (κ1) is 18.3. The van der Waals surface area contributed by atoms with Crippen LogP contribution >= 0.6 is 0 Å². The fourth-order valence-corrected chi connectivity index (χ4v) is 2.41. The van der Waals surface area contributed by atoms with E-state index in [9.17, 15) is 0 Å². The van der Waals surface area contributed by atoms with Crippen LogP contribution in [0.15, 0.2) is 29.4 Å². The van der Waals surface area contributed by atoms with Gasteiger partial charge in [-0.25, -0.2) is 4.98 Å². The van der Waals surface area contributed by atoms with E-state index in [0.29, 0.717) is 6.54 Å². The van der Waals surface area contributed by atoms with E-state index >= 15 is 0 Å². The summed E-state index contributed by atoms with van der Waals surface area (Å²) in [5, 5.41) is 6.60. The molecule has 132 valence electrons. The van der Waals surface area contributed by atoms with E-state index in [0.717, 1.165) is 49.9 Å². The van der Waals surface area contributed by atoms with Crippen LogP contribution in [0.3, 0.4) is 0 Å². The number of ether oxygens (including phenoxy) is 1. The average molecular weight is 331 g/mol. The van der Waals surface area contributed by atoms with Crippen LogP contribution in [0.5, 0.6) is 0 Å². The fraction of sp³-hybridized carbons (Fsp3) is 0.556. The Morgan fingerprint density at radius 2 is 2.08 bits per heavy atom. The third-order valence-electron chi connectivity index (χ3n) is 3.81. The van der Waals surface area contributed by atoms with Crippen molar-refractivity contribution in [1.29, 1.82) is 0 Å². The zero-order valence-corrected chi connectivity index (χ0v) is 15.0. The first-order valence-corrected chi connectivity index (χ1v) is 8.70. The lowest BCUT2D eigenvalue weighted by molar-refractivity contribution is 0.129. The van der Waals surface area contributed by atoms with Gasteiger partial charge in [0.15, 0.2) is 5.96 Å². The molecule has 0 spiro atoms. The number of rotatable bonds is 9. The maximum Gasteiger partial charge on any atom is 0.191 e. The summed E-state index contributed by atoms with van der Waals surface area (Å²) >= 11 is 0. The van der Waals surface area contributed by atoms with Gasteiger partial charge in [0.05, 0.1) is 12.2 Å². The van der Waals surface area contributed by atoms with Crippen LogP contribution in [0, 0.1) is 6.92 Å². The predicted octanol–water partition coefficient (Wildman–Crippen LogP) is 2.51. The Labute approximate surface area is 144 Å². The number of guanidine groups is 1. The van der Waals surface area contributed by atoms with Crippen LogP contribution < -0.4 is 10.6 Å². The number of aryl methyl sites for hydroxylation is 1. The van der Waals surface area contributed by atoms with Crippen LogP contribution in [0.1, 0.15) is 37.6 Å². The summed E-state index contributed by atoms with van der Waals surface area (Å²) in [5.74, 6) is 0.789. The van der Waals surface area contributed by atoms with E-state index in [1.54, 1.807) is 7.05 Å². The number of hydrogen-bond acceptors (Lipinski definition) is 3. The number of imidazole rings is 1. The Bertz CT molecular complexity index is 650. The summed E-state index contributed by atoms with van der Waals surface area (Å²) in [5.41, 5.74) is 3.14. The quantitative estimate of drug-likeness (QED) is 0.421. The predicted molar refractivity (Wildman–Crippen MR) is 98.5 cm³/mol. The highest BCUT2D eigenvalue weighted by Crippen LogP contribution is 2.08. The second-order valence-corrected chi connectivity index (χ2v) is 5.80. The molecule has 0 saturated carbocycles. The minimum Gasteiger partial charge on any atom is -0.381 e. The number of fused-ring (bicyclic) bond motifs is 1. The monoisotopic (exact) mass is 331 g/mol. The zero-order chi connectivity index (χ0) is 17.2. The first-order chi connectivity index (χ1) is 11.7. The lowest BCUT2D eigenvalue weighted by Gasteiger charge is -2.11. The molecule has 0 fully saturated rings. The fourth-order valence-electron chi connectivity index (χ4n) is 2.41. The van der Waals surface area contributed by atoms with E-state index in [2.05, 4.69) is 51.1 Å². The number of aromatic nitrogens is 2. The summed E-state index contributed by atoms with van der Waals surface area (Å²) in [7, 11) is 1.78. The lowest BCUT2D eigenvalue weighted by Crippen LogP contribution is -2.37. The molecule has 2 aromatic heterocycles. The van der Waals surface area contributed by atoms with Crippen molar-refractivity contribution in [3.05, 3.63) is 35.8 Å². The highest BCUT2D eigenvalue weighted by Gasteiger charge is 2.04. The second-order valence-electron chi connectivity index (χ2n) is 5.80. The molecular formula is C18H29N5O. The normalized spacial score (nSPS) is 11.9. The standard InChI is InChI=1S/C18H29N5O/c1-4-5-11-24-12-7-10-20-18(19-3)21-13-16-14-23-15(2)8-6-9-17(23)22-16/h6,8-9,14H,4-5,7,10-13H2,1-3H3,(H2,19,20,21). The highest BCUT2D eigenvalue weighted by atomic mass is 16.5. The maximum atomic E-state index is 5.55. The molecule has 0 aliphatic heterocycles. The van der Waals surface area contributed by atoms with Crippen molar-refractivity contribution >= 4 is 11.6 Å². The molecule has 2 heterocycles. The van der Waals surface area contributed by atoms with E-state index in [1.807, 2.05) is 12.1 Å². The topological polar surface area (TPSA) is 63.0 Å². The van der Waals surface area contributed by atoms with Gasteiger partial charge in [0.25, 0.3) is 0 Å². The molecule has 6 heteroatoms. The van der Waals surface area contributed by atoms with Gasteiger partial charge in [0, 0.05) is 38.7 Å². The molecule has 0 radical (unpaired) electrons. The van der Waals surface area contributed by atoms with Gasteiger partial charge in [0.1, 0.15) is 5.65 Å². The molecule has 0 bridgehead atoms. The van der Waals surface area contributed by atoms with Crippen molar-refractivity contribution in [3.8, 4) is 0 Å². The van der Waals surface area contributed by atoms with Crippen LogP contribution in [0.2, 0.25) is 0 Å². The van der Waals surface area contributed by atoms with E-state index in [-0.39, 0.29) is 0 Å². The van der Waals surface area contributed by atoms with E-state index < -0.39 is 0 Å². The SMILES string of the molecule is CCCCOCCCNC(=NC)NCc1cn2c(C)cccc2n1. The van der Waals surface area contributed by atoms with Crippen molar-refractivity contribution in [2.75, 3.05) is 26.8 Å². The molecule has 6 nitrogen and oxygen atoms in total. The number of unbranched alkanes of at least 4 members (excludes halogenated alkanes) is 1. The third kappa shape index (κ3) is 5.53. The molecule has 0 atom stereocenters. The van der Waals surface area contributed by atoms with E-state index in [1.165, 1.54) is 12.1 Å². The van der Waals surface area contributed by atoms with Gasteiger partial charge >= 0.3 is 0 Å². The van der Waals surface area contributed by atoms with Gasteiger partial charge < -0.3 is 19.8 Å². The number of nitrogens with zero attached hydrogens (tertiary/aromatic N) is 3. The molecule has 0 unspecified atom stereocenters. The van der Waals surface area contributed by atoms with Crippen LogP contribution in [0.25, 0.3) is 5.65 Å². The average Bonchev–Trinajstić information content (AvgIpc) is 3.01. The van der Waals surface area contributed by atoms with Gasteiger partial charge in [-0.05, 0) is 31.9 Å². The summed E-state index contributed by atoms with van der Waals surface area (Å²) in [6.07, 6.45) is 5.34. The molecule has 24 heavy (non-hydrogen) atoms. The lowest BCUT2D eigenvalue weighted by atomic mass is 10.4. The van der Waals surface area contributed by atoms with Crippen LogP contribution in [0.4, 0.5) is 0 Å². The Hall–Kier alpha value is -2.08. The number of hydrogen-bond donors (Lipinski definition) is 2. The molecule has 2 rings (SSSR count). The largest absolute Gasteiger partial charge is 0.381 e. The Balaban J connectivity index is 1.72. The van der Waals surface area contributed by atoms with Gasteiger partial charge in [-0.1, -0.05) is 19.4 Å². The minimum atomic E-state index is 0.647. The Morgan fingerprint density at radius 1 is 1.25 bits per heavy atom. The summed E-state index contributed by atoms with van der Waals surface area (Å²) in [4.78, 5) is 8.86. The van der Waals surface area contributed by atoms with Crippen LogP contribution in [-0.2, 0) is 11.3 Å². The second kappa shape index (κ2) is 9.93. The molecular weight excluding hydrogens is 302 g/mol. The molecule has 0 amide bonds. The Morgan fingerprint density at radius 3 is 2.83 bits per heavy atom. The molecule has 0 aliphatic carbocycles. The van der Waals surface area contributed by atoms with Crippen molar-refractivity contribution in [3.63, 3.8) is 0 Å². The van der Waals surface area contributed by atoms with Gasteiger partial charge in [-0.15, -0.1) is 0 Å². The maximum absolute atomic E-state index is 5.55. The van der Waals surface area contributed by atoms with Crippen molar-refractivity contribution < 1.29 is 4.74 Å². The van der Waals surface area contributed by atoms with Crippen molar-refractivity contribution in [1.82, 2.24) is 20.0 Å². The number of aliphatic imine (C=N–C) groups is 1. The summed E-state index contributed by atoms with van der Waals surface area (Å²) in [6.45, 7) is 7.39. The van der Waals surface area contributed by atoms with Crippen molar-refractivity contribution in [2.45, 2.75) is 39.7 Å². The molecule has 2 N–H and O–H groups in total. The Kier molecular flexibility index (Phi) is 7.55. The third-order valence-corrected chi connectivity index (χ3v) is 3.81. The molecule has 0 aliphatic rings. The minimum absolute atomic E-state index is 0.647. The van der Waals surface area contributed by atoms with Crippen molar-refractivity contribution in [2.24, 2.45) is 4.99 Å². The van der Waals surface area contributed by atoms with Gasteiger partial charge in [-0.3, -0.25) is 4.99 Å². The molecule has 0 aromatic carbocycles. The number of nitrogens with one attached hydrogen (secondary N) is 2.